The molecule has 1 atom stereocenters. The summed E-state index contributed by atoms with van der Waals surface area (Å²) < 4.78 is 53.5. The molecule has 2 aliphatic rings. The van der Waals surface area contributed by atoms with Gasteiger partial charge in [0.1, 0.15) is 5.83 Å². The molecule has 2 N–H and O–H groups in total. The Balaban J connectivity index is 2.21. The molecule has 1 saturated heterocycles. The Bertz CT molecular complexity index is 446. The number of halogens is 4. The van der Waals surface area contributed by atoms with Crippen molar-refractivity contribution in [1.29, 1.82) is 0 Å². The van der Waals surface area contributed by atoms with Crippen molar-refractivity contribution in [3.05, 3.63) is 23.2 Å². The molecule has 0 bridgehead atoms. The molecule has 0 saturated carbocycles. The first kappa shape index (κ1) is 16.3. The van der Waals surface area contributed by atoms with E-state index in [4.69, 9.17) is 5.73 Å². The smallest absolute Gasteiger partial charge is 0.369 e. The van der Waals surface area contributed by atoms with Crippen LogP contribution in [0.1, 0.15) is 19.3 Å². The lowest BCUT2D eigenvalue weighted by molar-refractivity contribution is -0.0929. The Morgan fingerprint density at radius 1 is 1.24 bits per heavy atom. The summed E-state index contributed by atoms with van der Waals surface area (Å²) in [5, 5.41) is 0. The first-order valence-corrected chi connectivity index (χ1v) is 7.05. The summed E-state index contributed by atoms with van der Waals surface area (Å²) in [5.74, 6) is -0.749. The zero-order valence-electron chi connectivity index (χ0n) is 12.3. The highest BCUT2D eigenvalue weighted by molar-refractivity contribution is 5.40. The lowest BCUT2D eigenvalue weighted by Crippen LogP contribution is -2.43. The number of hydrogen-bond donors (Lipinski definition) is 1. The van der Waals surface area contributed by atoms with Crippen molar-refractivity contribution in [1.82, 2.24) is 9.80 Å². The van der Waals surface area contributed by atoms with Crippen molar-refractivity contribution in [2.45, 2.75) is 37.5 Å². The van der Waals surface area contributed by atoms with E-state index in [1.54, 1.807) is 0 Å². The van der Waals surface area contributed by atoms with Gasteiger partial charge >= 0.3 is 6.18 Å². The average molecular weight is 307 g/mol. The predicted octanol–water partition coefficient (Wildman–Crippen LogP) is 2.41. The molecule has 2 rings (SSSR count). The highest BCUT2D eigenvalue weighted by Gasteiger charge is 2.42. The van der Waals surface area contributed by atoms with Crippen LogP contribution in [0.2, 0.25) is 0 Å². The van der Waals surface area contributed by atoms with E-state index in [1.165, 1.54) is 4.90 Å². The Morgan fingerprint density at radius 3 is 2.29 bits per heavy atom. The van der Waals surface area contributed by atoms with Gasteiger partial charge < -0.3 is 15.5 Å². The summed E-state index contributed by atoms with van der Waals surface area (Å²) in [5.41, 5.74) is 4.26. The van der Waals surface area contributed by atoms with Crippen molar-refractivity contribution >= 4 is 0 Å². The number of nitrogens with two attached hydrogens (primary N) is 1. The van der Waals surface area contributed by atoms with Crippen LogP contribution in [0.5, 0.6) is 0 Å². The first-order valence-electron chi connectivity index (χ1n) is 7.05. The van der Waals surface area contributed by atoms with Gasteiger partial charge in [-0.2, -0.15) is 13.2 Å². The molecule has 0 radical (unpaired) electrons. The minimum absolute atomic E-state index is 0.164. The van der Waals surface area contributed by atoms with Crippen LogP contribution < -0.4 is 5.73 Å². The van der Waals surface area contributed by atoms with Crippen molar-refractivity contribution in [2.24, 2.45) is 5.73 Å². The van der Waals surface area contributed by atoms with E-state index in [0.717, 1.165) is 18.9 Å². The van der Waals surface area contributed by atoms with E-state index in [9.17, 15) is 17.6 Å². The molecule has 120 valence electrons. The largest absolute Gasteiger partial charge is 0.418 e. The number of rotatable bonds is 2. The standard InChI is InChI=1S/C14H21F4N3/c1-20(2)10-3-5-21(6-4-10)13-11(14(16,17)18)7-9(19)8-12(13)15/h7,9-10H,3-6,8,19H2,1-2H3. The lowest BCUT2D eigenvalue weighted by atomic mass is 9.95. The third kappa shape index (κ3) is 3.58. The van der Waals surface area contributed by atoms with Gasteiger partial charge in [-0.05, 0) is 26.9 Å². The summed E-state index contributed by atoms with van der Waals surface area (Å²) in [4.78, 5) is 3.57. The van der Waals surface area contributed by atoms with Crippen molar-refractivity contribution in [2.75, 3.05) is 27.2 Å². The number of nitrogens with zero attached hydrogens (tertiary/aromatic N) is 2. The second-order valence-electron chi connectivity index (χ2n) is 5.88. The zero-order chi connectivity index (χ0) is 15.8. The number of likely N-dealkylation sites (tertiary alicyclic amines) is 1. The fourth-order valence-corrected chi connectivity index (χ4v) is 2.98. The molecule has 21 heavy (non-hydrogen) atoms. The molecule has 0 amide bonds. The number of alkyl halides is 3. The molecule has 0 aromatic heterocycles. The fraction of sp³-hybridized carbons (Fsp3) is 0.714. The summed E-state index contributed by atoms with van der Waals surface area (Å²) in [6, 6.07) is -0.584. The average Bonchev–Trinajstić information content (AvgIpc) is 2.37. The monoisotopic (exact) mass is 307 g/mol. The SMILES string of the molecule is CN(C)C1CCN(C2=C(F)CC(N)C=C2C(F)(F)F)CC1. The van der Waals surface area contributed by atoms with E-state index in [-0.39, 0.29) is 12.1 Å². The van der Waals surface area contributed by atoms with Crippen LogP contribution in [0.3, 0.4) is 0 Å². The Hall–Kier alpha value is -1.08. The highest BCUT2D eigenvalue weighted by Crippen LogP contribution is 2.39. The van der Waals surface area contributed by atoms with Gasteiger partial charge in [-0.3, -0.25) is 0 Å². The van der Waals surface area contributed by atoms with E-state index in [0.29, 0.717) is 19.1 Å². The van der Waals surface area contributed by atoms with Crippen molar-refractivity contribution < 1.29 is 17.6 Å². The summed E-state index contributed by atoms with van der Waals surface area (Å²) in [6.45, 7) is 0.850. The normalized spacial score (nSPS) is 25.6. The minimum atomic E-state index is -4.58. The molecule has 0 spiro atoms. The summed E-state index contributed by atoms with van der Waals surface area (Å²) in [6.07, 6.45) is -2.36. The van der Waals surface area contributed by atoms with Gasteiger partial charge in [-0.25, -0.2) is 4.39 Å². The van der Waals surface area contributed by atoms with Crippen LogP contribution in [0.25, 0.3) is 0 Å². The number of allylic oxidation sites excluding steroid dienone is 1. The van der Waals surface area contributed by atoms with Crippen LogP contribution in [0.4, 0.5) is 17.6 Å². The van der Waals surface area contributed by atoms with Gasteiger partial charge in [0.15, 0.2) is 0 Å². The Labute approximate surface area is 122 Å². The third-order valence-corrected chi connectivity index (χ3v) is 4.12. The van der Waals surface area contributed by atoms with Gasteiger partial charge in [0.25, 0.3) is 0 Å². The molecular weight excluding hydrogens is 286 g/mol. The van der Waals surface area contributed by atoms with Crippen molar-refractivity contribution in [3.63, 3.8) is 0 Å². The second-order valence-corrected chi connectivity index (χ2v) is 5.88. The molecule has 1 aliphatic heterocycles. The molecule has 1 unspecified atom stereocenters. The van der Waals surface area contributed by atoms with E-state index < -0.39 is 23.6 Å². The van der Waals surface area contributed by atoms with Gasteiger partial charge in [0, 0.05) is 31.6 Å². The fourth-order valence-electron chi connectivity index (χ4n) is 2.98. The zero-order valence-corrected chi connectivity index (χ0v) is 12.3. The molecule has 0 aromatic carbocycles. The summed E-state index contributed by atoms with van der Waals surface area (Å²) >= 11 is 0. The second kappa shape index (κ2) is 5.96. The molecule has 7 heteroatoms. The van der Waals surface area contributed by atoms with E-state index in [2.05, 4.69) is 4.90 Å². The molecule has 0 aromatic rings. The quantitative estimate of drug-likeness (QED) is 0.795. The van der Waals surface area contributed by atoms with Crippen LogP contribution in [0.15, 0.2) is 23.2 Å². The number of hydrogen-bond acceptors (Lipinski definition) is 3. The maximum atomic E-state index is 14.1. The van der Waals surface area contributed by atoms with Gasteiger partial charge in [-0.1, -0.05) is 6.08 Å². The molecule has 3 nitrogen and oxygen atoms in total. The van der Waals surface area contributed by atoms with Gasteiger partial charge in [0.05, 0.1) is 11.3 Å². The Morgan fingerprint density at radius 2 is 1.81 bits per heavy atom. The summed E-state index contributed by atoms with van der Waals surface area (Å²) in [7, 11) is 3.89. The minimum Gasteiger partial charge on any atom is -0.369 e. The van der Waals surface area contributed by atoms with Crippen LogP contribution in [0, 0.1) is 0 Å². The van der Waals surface area contributed by atoms with Gasteiger partial charge in [-0.15, -0.1) is 0 Å². The van der Waals surface area contributed by atoms with E-state index in [1.807, 2.05) is 14.1 Å². The number of piperidine rings is 1. The molecule has 1 aliphatic carbocycles. The van der Waals surface area contributed by atoms with Gasteiger partial charge in [0.2, 0.25) is 0 Å². The first-order chi connectivity index (χ1) is 9.70. The molecular formula is C14H21F4N3. The van der Waals surface area contributed by atoms with E-state index >= 15 is 0 Å². The molecule has 1 fully saturated rings. The predicted molar refractivity (Wildman–Crippen MR) is 73.1 cm³/mol. The maximum absolute atomic E-state index is 14.1. The Kier molecular flexibility index (Phi) is 4.63. The maximum Gasteiger partial charge on any atom is 0.418 e. The highest BCUT2D eigenvalue weighted by atomic mass is 19.4. The van der Waals surface area contributed by atoms with Crippen LogP contribution in [-0.4, -0.2) is 55.2 Å². The lowest BCUT2D eigenvalue weighted by Gasteiger charge is -2.39. The molecule has 1 heterocycles. The third-order valence-electron chi connectivity index (χ3n) is 4.12. The van der Waals surface area contributed by atoms with Crippen LogP contribution in [-0.2, 0) is 0 Å². The topological polar surface area (TPSA) is 32.5 Å². The van der Waals surface area contributed by atoms with Crippen molar-refractivity contribution in [3.8, 4) is 0 Å². The van der Waals surface area contributed by atoms with Crippen LogP contribution >= 0.6 is 0 Å².